The average molecular weight is 278 g/mol. The molecule has 0 saturated heterocycles. The molecule has 1 heterocycles. The van der Waals surface area contributed by atoms with E-state index in [2.05, 4.69) is 38.0 Å². The van der Waals surface area contributed by atoms with Gasteiger partial charge >= 0.3 is 0 Å². The summed E-state index contributed by atoms with van der Waals surface area (Å²) < 4.78 is 5.88. The summed E-state index contributed by atoms with van der Waals surface area (Å²) in [6.45, 7) is 10.4. The molecule has 114 valence electrons. The topological polar surface area (TPSA) is 34.1 Å². The lowest BCUT2D eigenvalue weighted by Crippen LogP contribution is -2.35. The van der Waals surface area contributed by atoms with Crippen molar-refractivity contribution in [2.75, 3.05) is 6.61 Å². The molecule has 0 aliphatic rings. The van der Waals surface area contributed by atoms with E-state index in [4.69, 9.17) is 4.74 Å². The maximum atomic E-state index is 5.88. The van der Waals surface area contributed by atoms with Crippen LogP contribution in [0.15, 0.2) is 18.5 Å². The minimum absolute atomic E-state index is 0.112. The second-order valence-corrected chi connectivity index (χ2v) is 6.35. The number of rotatable bonds is 9. The molecule has 1 rings (SSSR count). The van der Waals surface area contributed by atoms with Gasteiger partial charge in [-0.25, -0.2) is 0 Å². The molecule has 3 nitrogen and oxygen atoms in total. The van der Waals surface area contributed by atoms with E-state index in [-0.39, 0.29) is 5.54 Å². The highest BCUT2D eigenvalue weighted by molar-refractivity contribution is 5.29. The lowest BCUT2D eigenvalue weighted by molar-refractivity contribution is 0.298. The van der Waals surface area contributed by atoms with Gasteiger partial charge in [0.25, 0.3) is 0 Å². The molecule has 0 bridgehead atoms. The van der Waals surface area contributed by atoms with Crippen LogP contribution in [0.4, 0.5) is 0 Å². The van der Waals surface area contributed by atoms with Gasteiger partial charge in [0.05, 0.1) is 12.8 Å². The third-order valence-electron chi connectivity index (χ3n) is 3.18. The molecule has 0 aliphatic carbocycles. The number of nitrogens with zero attached hydrogens (tertiary/aromatic N) is 1. The predicted octanol–water partition coefficient (Wildman–Crippen LogP) is 4.32. The van der Waals surface area contributed by atoms with Crippen LogP contribution in [0, 0.1) is 0 Å². The van der Waals surface area contributed by atoms with Gasteiger partial charge in [0, 0.05) is 23.8 Å². The zero-order chi connectivity index (χ0) is 14.8. The summed E-state index contributed by atoms with van der Waals surface area (Å²) in [4.78, 5) is 4.17. The first-order valence-corrected chi connectivity index (χ1v) is 7.83. The summed E-state index contributed by atoms with van der Waals surface area (Å²) in [7, 11) is 0. The van der Waals surface area contributed by atoms with Crippen LogP contribution in [0.3, 0.4) is 0 Å². The Hall–Kier alpha value is -1.09. The van der Waals surface area contributed by atoms with Crippen LogP contribution in [0.2, 0.25) is 0 Å². The van der Waals surface area contributed by atoms with Crippen molar-refractivity contribution < 1.29 is 4.74 Å². The maximum Gasteiger partial charge on any atom is 0.142 e. The highest BCUT2D eigenvalue weighted by Crippen LogP contribution is 2.18. The lowest BCUT2D eigenvalue weighted by Gasteiger charge is -2.21. The molecule has 20 heavy (non-hydrogen) atoms. The molecule has 1 aromatic rings. The van der Waals surface area contributed by atoms with Gasteiger partial charge in [0.15, 0.2) is 0 Å². The zero-order valence-corrected chi connectivity index (χ0v) is 13.5. The highest BCUT2D eigenvalue weighted by atomic mass is 16.5. The van der Waals surface area contributed by atoms with Gasteiger partial charge in [0.2, 0.25) is 0 Å². The summed E-state index contributed by atoms with van der Waals surface area (Å²) in [5, 5.41) is 3.49. The summed E-state index contributed by atoms with van der Waals surface area (Å²) in [6, 6.07) is 2.03. The zero-order valence-electron chi connectivity index (χ0n) is 13.5. The first-order valence-electron chi connectivity index (χ1n) is 7.83. The third kappa shape index (κ3) is 7.49. The fourth-order valence-corrected chi connectivity index (χ4v) is 1.93. The van der Waals surface area contributed by atoms with Crippen molar-refractivity contribution in [2.45, 2.75) is 71.9 Å². The molecule has 1 N–H and O–H groups in total. The van der Waals surface area contributed by atoms with Gasteiger partial charge < -0.3 is 10.1 Å². The van der Waals surface area contributed by atoms with E-state index in [1.54, 1.807) is 0 Å². The minimum Gasteiger partial charge on any atom is -0.492 e. The molecule has 3 heteroatoms. The fraction of sp³-hybridized carbons (Fsp3) is 0.706. The van der Waals surface area contributed by atoms with E-state index in [9.17, 15) is 0 Å². The first kappa shape index (κ1) is 17.0. The van der Waals surface area contributed by atoms with Crippen molar-refractivity contribution in [3.05, 3.63) is 24.0 Å². The molecule has 0 aromatic carbocycles. The number of aromatic nitrogens is 1. The van der Waals surface area contributed by atoms with E-state index in [0.29, 0.717) is 0 Å². The molecule has 0 unspecified atom stereocenters. The molecule has 0 amide bonds. The van der Waals surface area contributed by atoms with E-state index in [1.807, 2.05) is 18.5 Å². The van der Waals surface area contributed by atoms with Crippen LogP contribution in [0.25, 0.3) is 0 Å². The minimum atomic E-state index is 0.112. The monoisotopic (exact) mass is 278 g/mol. The van der Waals surface area contributed by atoms with E-state index < -0.39 is 0 Å². The average Bonchev–Trinajstić information content (AvgIpc) is 2.40. The first-order chi connectivity index (χ1) is 9.53. The van der Waals surface area contributed by atoms with Gasteiger partial charge in [-0.3, -0.25) is 4.98 Å². The molecule has 0 radical (unpaired) electrons. The second kappa shape index (κ2) is 8.96. The smallest absolute Gasteiger partial charge is 0.142 e. The number of hydrogen-bond acceptors (Lipinski definition) is 3. The van der Waals surface area contributed by atoms with Crippen LogP contribution < -0.4 is 10.1 Å². The van der Waals surface area contributed by atoms with Crippen LogP contribution >= 0.6 is 0 Å². The van der Waals surface area contributed by atoms with E-state index in [1.165, 1.54) is 31.2 Å². The van der Waals surface area contributed by atoms with Crippen LogP contribution in [0.5, 0.6) is 5.75 Å². The third-order valence-corrected chi connectivity index (χ3v) is 3.18. The molecule has 0 saturated carbocycles. The Labute approximate surface area is 124 Å². The van der Waals surface area contributed by atoms with Gasteiger partial charge in [-0.2, -0.15) is 0 Å². The lowest BCUT2D eigenvalue weighted by atomic mass is 10.1. The molecule has 0 aliphatic heterocycles. The normalized spacial score (nSPS) is 11.6. The Balaban J connectivity index is 2.37. The van der Waals surface area contributed by atoms with Gasteiger partial charge in [-0.05, 0) is 33.3 Å². The molecule has 0 spiro atoms. The number of ether oxygens (including phenoxy) is 1. The number of nitrogens with one attached hydrogen (secondary N) is 1. The maximum absolute atomic E-state index is 5.88. The molecular formula is C17H30N2O. The molecule has 0 fully saturated rings. The van der Waals surface area contributed by atoms with Crippen molar-refractivity contribution in [3.63, 3.8) is 0 Å². The summed E-state index contributed by atoms with van der Waals surface area (Å²) in [5.41, 5.74) is 1.30. The SMILES string of the molecule is CCCCCCCOc1cnccc1CNC(C)(C)C. The number of hydrogen-bond donors (Lipinski definition) is 1. The standard InChI is InChI=1S/C17H30N2O/c1-5-6-7-8-9-12-20-16-14-18-11-10-15(16)13-19-17(2,3)4/h10-11,14,19H,5-9,12-13H2,1-4H3. The predicted molar refractivity (Wildman–Crippen MR) is 85.1 cm³/mol. The highest BCUT2D eigenvalue weighted by Gasteiger charge is 2.10. The Bertz CT molecular complexity index is 371. The van der Waals surface area contributed by atoms with E-state index >= 15 is 0 Å². The Morgan fingerprint density at radius 3 is 2.60 bits per heavy atom. The Kier molecular flexibility index (Phi) is 7.60. The van der Waals surface area contributed by atoms with Crippen LogP contribution in [-0.2, 0) is 6.54 Å². The fourth-order valence-electron chi connectivity index (χ4n) is 1.93. The van der Waals surface area contributed by atoms with Crippen molar-refractivity contribution >= 4 is 0 Å². The Morgan fingerprint density at radius 1 is 1.15 bits per heavy atom. The van der Waals surface area contributed by atoms with Crippen LogP contribution in [0.1, 0.15) is 65.4 Å². The van der Waals surface area contributed by atoms with Crippen molar-refractivity contribution in [2.24, 2.45) is 0 Å². The molecule has 0 atom stereocenters. The van der Waals surface area contributed by atoms with Crippen LogP contribution in [-0.4, -0.2) is 17.1 Å². The van der Waals surface area contributed by atoms with Crippen molar-refractivity contribution in [1.82, 2.24) is 10.3 Å². The molecule has 1 aromatic heterocycles. The summed E-state index contributed by atoms with van der Waals surface area (Å²) >= 11 is 0. The van der Waals surface area contributed by atoms with Gasteiger partial charge in [0.1, 0.15) is 5.75 Å². The number of pyridine rings is 1. The summed E-state index contributed by atoms with van der Waals surface area (Å²) in [5.74, 6) is 0.916. The summed E-state index contributed by atoms with van der Waals surface area (Å²) in [6.07, 6.45) is 9.95. The van der Waals surface area contributed by atoms with Gasteiger partial charge in [-0.15, -0.1) is 0 Å². The Morgan fingerprint density at radius 2 is 1.90 bits per heavy atom. The van der Waals surface area contributed by atoms with E-state index in [0.717, 1.165) is 25.3 Å². The largest absolute Gasteiger partial charge is 0.492 e. The van der Waals surface area contributed by atoms with Crippen molar-refractivity contribution in [3.8, 4) is 5.75 Å². The number of unbranched alkanes of at least 4 members (excludes halogenated alkanes) is 4. The quantitative estimate of drug-likeness (QED) is 0.683. The second-order valence-electron chi connectivity index (χ2n) is 6.35. The van der Waals surface area contributed by atoms with Crippen molar-refractivity contribution in [1.29, 1.82) is 0 Å². The molecular weight excluding hydrogens is 248 g/mol. The van der Waals surface area contributed by atoms with Gasteiger partial charge in [-0.1, -0.05) is 32.6 Å².